The zero-order valence-electron chi connectivity index (χ0n) is 8.66. The zero-order chi connectivity index (χ0) is 11.4. The number of terminal acetylenes is 1. The monoisotopic (exact) mass is 197 g/mol. The highest BCUT2D eigenvalue weighted by Gasteiger charge is 2.26. The second-order valence-corrected chi connectivity index (χ2v) is 3.88. The van der Waals surface area contributed by atoms with E-state index in [4.69, 9.17) is 16.9 Å². The SMILES string of the molecule is C#CC[C@H](N)C(=O)C(=O)OC(C)(C)C. The molecule has 0 rings (SSSR count). The van der Waals surface area contributed by atoms with Crippen molar-refractivity contribution >= 4 is 11.8 Å². The van der Waals surface area contributed by atoms with Crippen LogP contribution in [0.15, 0.2) is 0 Å². The third-order valence-electron chi connectivity index (χ3n) is 1.27. The van der Waals surface area contributed by atoms with Crippen molar-refractivity contribution in [2.75, 3.05) is 0 Å². The Hall–Kier alpha value is -1.34. The van der Waals surface area contributed by atoms with Crippen molar-refractivity contribution in [3.05, 3.63) is 0 Å². The van der Waals surface area contributed by atoms with Crippen LogP contribution in [0.2, 0.25) is 0 Å². The van der Waals surface area contributed by atoms with Crippen molar-refractivity contribution in [2.45, 2.75) is 38.8 Å². The summed E-state index contributed by atoms with van der Waals surface area (Å²) in [6.07, 6.45) is 5.00. The van der Waals surface area contributed by atoms with Crippen LogP contribution in [0.4, 0.5) is 0 Å². The number of rotatable bonds is 3. The summed E-state index contributed by atoms with van der Waals surface area (Å²) in [4.78, 5) is 22.4. The summed E-state index contributed by atoms with van der Waals surface area (Å²) in [6.45, 7) is 5.01. The van der Waals surface area contributed by atoms with Gasteiger partial charge in [-0.15, -0.1) is 12.3 Å². The van der Waals surface area contributed by atoms with Crippen molar-refractivity contribution in [1.82, 2.24) is 0 Å². The van der Waals surface area contributed by atoms with Crippen molar-refractivity contribution in [1.29, 1.82) is 0 Å². The normalized spacial score (nSPS) is 12.8. The fourth-order valence-corrected chi connectivity index (χ4v) is 0.699. The van der Waals surface area contributed by atoms with Gasteiger partial charge in [-0.05, 0) is 20.8 Å². The van der Waals surface area contributed by atoms with Gasteiger partial charge in [-0.2, -0.15) is 0 Å². The van der Waals surface area contributed by atoms with E-state index in [1.807, 2.05) is 0 Å². The Morgan fingerprint density at radius 1 is 1.50 bits per heavy atom. The standard InChI is InChI=1S/C10H15NO3/c1-5-6-7(11)8(12)9(13)14-10(2,3)4/h1,7H,6,11H2,2-4H3/t7-/m0/s1. The first-order chi connectivity index (χ1) is 6.28. The molecule has 0 saturated heterocycles. The minimum absolute atomic E-state index is 0.0398. The van der Waals surface area contributed by atoms with Gasteiger partial charge < -0.3 is 10.5 Å². The Balaban J connectivity index is 4.28. The molecule has 0 saturated carbocycles. The number of nitrogens with two attached hydrogens (primary N) is 1. The summed E-state index contributed by atoms with van der Waals surface area (Å²) in [5.41, 5.74) is 4.66. The summed E-state index contributed by atoms with van der Waals surface area (Å²) < 4.78 is 4.83. The van der Waals surface area contributed by atoms with Crippen LogP contribution in [0.3, 0.4) is 0 Å². The van der Waals surface area contributed by atoms with E-state index in [1.165, 1.54) is 0 Å². The van der Waals surface area contributed by atoms with E-state index >= 15 is 0 Å². The number of ether oxygens (including phenoxy) is 1. The van der Waals surface area contributed by atoms with Crippen LogP contribution in [-0.2, 0) is 14.3 Å². The van der Waals surface area contributed by atoms with Gasteiger partial charge in [0, 0.05) is 6.42 Å². The molecule has 0 aliphatic heterocycles. The minimum Gasteiger partial charge on any atom is -0.454 e. The van der Waals surface area contributed by atoms with Gasteiger partial charge in [-0.3, -0.25) is 4.79 Å². The Bertz CT molecular complexity index is 270. The molecule has 0 bridgehead atoms. The van der Waals surface area contributed by atoms with E-state index in [0.29, 0.717) is 0 Å². The van der Waals surface area contributed by atoms with E-state index in [1.54, 1.807) is 20.8 Å². The quantitative estimate of drug-likeness (QED) is 0.400. The summed E-state index contributed by atoms with van der Waals surface area (Å²) in [5.74, 6) is 0.502. The highest BCUT2D eigenvalue weighted by atomic mass is 16.6. The van der Waals surface area contributed by atoms with Crippen LogP contribution in [0, 0.1) is 12.3 Å². The molecule has 0 aromatic heterocycles. The fraction of sp³-hybridized carbons (Fsp3) is 0.600. The van der Waals surface area contributed by atoms with Crippen molar-refractivity contribution < 1.29 is 14.3 Å². The van der Waals surface area contributed by atoms with E-state index in [2.05, 4.69) is 5.92 Å². The largest absolute Gasteiger partial charge is 0.454 e. The predicted molar refractivity (Wildman–Crippen MR) is 52.3 cm³/mol. The summed E-state index contributed by atoms with van der Waals surface area (Å²) in [7, 11) is 0. The smallest absolute Gasteiger partial charge is 0.376 e. The molecule has 0 heterocycles. The number of carbonyl (C=O) groups excluding carboxylic acids is 2. The second-order valence-electron chi connectivity index (χ2n) is 3.88. The molecule has 0 aromatic rings. The van der Waals surface area contributed by atoms with Crippen LogP contribution in [-0.4, -0.2) is 23.4 Å². The predicted octanol–water partition coefficient (Wildman–Crippen LogP) is 0.248. The lowest BCUT2D eigenvalue weighted by Crippen LogP contribution is -2.39. The maximum absolute atomic E-state index is 11.2. The van der Waals surface area contributed by atoms with Gasteiger partial charge in [0.15, 0.2) is 0 Å². The molecule has 2 N–H and O–H groups in total. The van der Waals surface area contributed by atoms with Crippen LogP contribution >= 0.6 is 0 Å². The first-order valence-corrected chi connectivity index (χ1v) is 4.24. The van der Waals surface area contributed by atoms with Gasteiger partial charge in [0.2, 0.25) is 0 Å². The molecule has 0 fully saturated rings. The molecule has 0 unspecified atom stereocenters. The van der Waals surface area contributed by atoms with Crippen molar-refractivity contribution in [3.8, 4) is 12.3 Å². The number of Topliss-reactive ketones (excluding diaryl/α,β-unsaturated/α-hetero) is 1. The molecule has 4 heteroatoms. The molecular formula is C10H15NO3. The van der Waals surface area contributed by atoms with E-state index in [-0.39, 0.29) is 6.42 Å². The summed E-state index contributed by atoms with van der Waals surface area (Å²) in [6, 6.07) is -0.963. The van der Waals surface area contributed by atoms with Crippen LogP contribution < -0.4 is 5.73 Å². The average Bonchev–Trinajstić information content (AvgIpc) is 2.00. The number of ketones is 1. The fourth-order valence-electron chi connectivity index (χ4n) is 0.699. The topological polar surface area (TPSA) is 69.4 Å². The van der Waals surface area contributed by atoms with E-state index < -0.39 is 23.4 Å². The number of esters is 1. The Kier molecular flexibility index (Phi) is 4.32. The van der Waals surface area contributed by atoms with E-state index in [9.17, 15) is 9.59 Å². The Labute approximate surface area is 83.8 Å². The molecule has 4 nitrogen and oxygen atoms in total. The van der Waals surface area contributed by atoms with Crippen LogP contribution in [0.1, 0.15) is 27.2 Å². The third kappa shape index (κ3) is 4.63. The number of hydrogen-bond acceptors (Lipinski definition) is 4. The molecule has 0 aliphatic rings. The molecule has 1 atom stereocenters. The molecule has 78 valence electrons. The molecule has 0 aromatic carbocycles. The van der Waals surface area contributed by atoms with E-state index in [0.717, 1.165) is 0 Å². The third-order valence-corrected chi connectivity index (χ3v) is 1.27. The lowest BCUT2D eigenvalue weighted by molar-refractivity contribution is -0.162. The molecule has 0 amide bonds. The maximum atomic E-state index is 11.2. The highest BCUT2D eigenvalue weighted by Crippen LogP contribution is 2.07. The van der Waals surface area contributed by atoms with Gasteiger partial charge in [-0.25, -0.2) is 4.79 Å². The molecule has 0 spiro atoms. The van der Waals surface area contributed by atoms with Crippen LogP contribution in [0.5, 0.6) is 0 Å². The lowest BCUT2D eigenvalue weighted by atomic mass is 10.1. The average molecular weight is 197 g/mol. The first kappa shape index (κ1) is 12.7. The highest BCUT2D eigenvalue weighted by molar-refractivity contribution is 6.35. The van der Waals surface area contributed by atoms with Gasteiger partial charge >= 0.3 is 5.97 Å². The van der Waals surface area contributed by atoms with Gasteiger partial charge in [0.25, 0.3) is 5.78 Å². The van der Waals surface area contributed by atoms with Crippen LogP contribution in [0.25, 0.3) is 0 Å². The first-order valence-electron chi connectivity index (χ1n) is 4.24. The van der Waals surface area contributed by atoms with Crippen molar-refractivity contribution in [2.24, 2.45) is 5.73 Å². The Morgan fingerprint density at radius 2 is 2.00 bits per heavy atom. The summed E-state index contributed by atoms with van der Waals surface area (Å²) in [5, 5.41) is 0. The lowest BCUT2D eigenvalue weighted by Gasteiger charge is -2.19. The molecule has 0 aliphatic carbocycles. The van der Waals surface area contributed by atoms with Crippen molar-refractivity contribution in [3.63, 3.8) is 0 Å². The van der Waals surface area contributed by atoms with Gasteiger partial charge in [0.1, 0.15) is 5.60 Å². The summed E-state index contributed by atoms with van der Waals surface area (Å²) >= 11 is 0. The molecular weight excluding hydrogens is 182 g/mol. The maximum Gasteiger partial charge on any atom is 0.376 e. The number of hydrogen-bond donors (Lipinski definition) is 1. The van der Waals surface area contributed by atoms with Gasteiger partial charge in [-0.1, -0.05) is 0 Å². The minimum atomic E-state index is -0.963. The molecule has 14 heavy (non-hydrogen) atoms. The Morgan fingerprint density at radius 3 is 2.36 bits per heavy atom. The molecule has 0 radical (unpaired) electrons. The second kappa shape index (κ2) is 4.77. The van der Waals surface area contributed by atoms with Gasteiger partial charge in [0.05, 0.1) is 6.04 Å². The number of carbonyl (C=O) groups is 2. The zero-order valence-corrected chi connectivity index (χ0v) is 8.66.